The number of carboxylic acids is 1. The highest BCUT2D eigenvalue weighted by molar-refractivity contribution is 6.03. The number of ketones is 1. The Morgan fingerprint density at radius 1 is 1.35 bits per heavy atom. The standard InChI is InChI=1S/C15H13NO4/c1-16-7-9(6-12(16)15(18)19)14(17)11-8-20-13-5-3-2-4-10(11)13/h2-7,11H,8H2,1H3,(H,18,19). The van der Waals surface area contributed by atoms with Crippen LogP contribution in [0, 0.1) is 0 Å². The van der Waals surface area contributed by atoms with E-state index in [0.717, 1.165) is 11.3 Å². The van der Waals surface area contributed by atoms with Gasteiger partial charge in [0.25, 0.3) is 0 Å². The van der Waals surface area contributed by atoms with E-state index in [0.29, 0.717) is 12.2 Å². The molecule has 1 aromatic heterocycles. The Labute approximate surface area is 115 Å². The molecule has 0 fully saturated rings. The summed E-state index contributed by atoms with van der Waals surface area (Å²) in [4.78, 5) is 23.5. The van der Waals surface area contributed by atoms with E-state index in [4.69, 9.17) is 9.84 Å². The van der Waals surface area contributed by atoms with Crippen LogP contribution in [0.5, 0.6) is 5.75 Å². The molecule has 2 aromatic rings. The lowest BCUT2D eigenvalue weighted by atomic mass is 9.93. The molecule has 1 unspecified atom stereocenters. The van der Waals surface area contributed by atoms with E-state index >= 15 is 0 Å². The number of fused-ring (bicyclic) bond motifs is 1. The minimum Gasteiger partial charge on any atom is -0.492 e. The summed E-state index contributed by atoms with van der Waals surface area (Å²) < 4.78 is 6.94. The quantitative estimate of drug-likeness (QED) is 0.868. The van der Waals surface area contributed by atoms with Crippen molar-refractivity contribution in [2.45, 2.75) is 5.92 Å². The molecule has 2 heterocycles. The third-order valence-corrected chi connectivity index (χ3v) is 3.52. The van der Waals surface area contributed by atoms with Crippen molar-refractivity contribution in [1.82, 2.24) is 4.57 Å². The maximum absolute atomic E-state index is 12.5. The molecular formula is C15H13NO4. The smallest absolute Gasteiger partial charge is 0.352 e. The average Bonchev–Trinajstić information content (AvgIpc) is 3.01. The Kier molecular flexibility index (Phi) is 2.82. The number of aromatic nitrogens is 1. The van der Waals surface area contributed by atoms with Gasteiger partial charge in [-0.05, 0) is 12.1 Å². The van der Waals surface area contributed by atoms with Gasteiger partial charge in [0.15, 0.2) is 5.78 Å². The van der Waals surface area contributed by atoms with Gasteiger partial charge in [-0.25, -0.2) is 4.79 Å². The van der Waals surface area contributed by atoms with Crippen molar-refractivity contribution in [1.29, 1.82) is 0 Å². The zero-order chi connectivity index (χ0) is 14.3. The molecular weight excluding hydrogens is 258 g/mol. The summed E-state index contributed by atoms with van der Waals surface area (Å²) in [7, 11) is 1.61. The lowest BCUT2D eigenvalue weighted by Gasteiger charge is -2.05. The van der Waals surface area contributed by atoms with Gasteiger partial charge in [-0.1, -0.05) is 18.2 Å². The Morgan fingerprint density at radius 2 is 2.10 bits per heavy atom. The molecule has 0 radical (unpaired) electrons. The SMILES string of the molecule is Cn1cc(C(=O)C2COc3ccccc32)cc1C(=O)O. The van der Waals surface area contributed by atoms with Gasteiger partial charge in [-0.3, -0.25) is 4.79 Å². The first-order chi connectivity index (χ1) is 9.58. The van der Waals surface area contributed by atoms with Crippen molar-refractivity contribution in [3.63, 3.8) is 0 Å². The first-order valence-corrected chi connectivity index (χ1v) is 6.23. The fourth-order valence-corrected chi connectivity index (χ4v) is 2.49. The number of nitrogens with zero attached hydrogens (tertiary/aromatic N) is 1. The highest BCUT2D eigenvalue weighted by atomic mass is 16.5. The molecule has 0 saturated carbocycles. The Balaban J connectivity index is 1.95. The van der Waals surface area contributed by atoms with Crippen LogP contribution in [0.1, 0.15) is 32.3 Å². The molecule has 0 bridgehead atoms. The third kappa shape index (κ3) is 1.87. The zero-order valence-electron chi connectivity index (χ0n) is 10.9. The molecule has 1 aromatic carbocycles. The Bertz CT molecular complexity index is 702. The predicted molar refractivity (Wildman–Crippen MR) is 71.4 cm³/mol. The summed E-state index contributed by atoms with van der Waals surface area (Å²) >= 11 is 0. The van der Waals surface area contributed by atoms with Gasteiger partial charge < -0.3 is 14.4 Å². The number of para-hydroxylation sites is 1. The molecule has 0 amide bonds. The molecule has 5 nitrogen and oxygen atoms in total. The van der Waals surface area contributed by atoms with Gasteiger partial charge in [-0.15, -0.1) is 0 Å². The van der Waals surface area contributed by atoms with Crippen LogP contribution in [-0.4, -0.2) is 28.0 Å². The summed E-state index contributed by atoms with van der Waals surface area (Å²) in [5.74, 6) is -0.803. The molecule has 20 heavy (non-hydrogen) atoms. The topological polar surface area (TPSA) is 68.5 Å². The van der Waals surface area contributed by atoms with E-state index in [2.05, 4.69) is 0 Å². The summed E-state index contributed by atoms with van der Waals surface area (Å²) in [5.41, 5.74) is 1.36. The molecule has 102 valence electrons. The van der Waals surface area contributed by atoms with E-state index < -0.39 is 5.97 Å². The molecule has 0 saturated heterocycles. The molecule has 1 atom stereocenters. The summed E-state index contributed by atoms with van der Waals surface area (Å²) in [6.07, 6.45) is 1.55. The molecule has 1 N–H and O–H groups in total. The number of hydrogen-bond donors (Lipinski definition) is 1. The van der Waals surface area contributed by atoms with Crippen LogP contribution < -0.4 is 4.74 Å². The molecule has 1 aliphatic rings. The monoisotopic (exact) mass is 271 g/mol. The van der Waals surface area contributed by atoms with Crippen LogP contribution >= 0.6 is 0 Å². The number of hydrogen-bond acceptors (Lipinski definition) is 3. The molecule has 5 heteroatoms. The largest absolute Gasteiger partial charge is 0.492 e. The number of rotatable bonds is 3. The predicted octanol–water partition coefficient (Wildman–Crippen LogP) is 2.08. The minimum absolute atomic E-state index is 0.0977. The lowest BCUT2D eigenvalue weighted by Crippen LogP contribution is -2.13. The number of carbonyl (C=O) groups excluding carboxylic acids is 1. The van der Waals surface area contributed by atoms with Crippen molar-refractivity contribution in [3.8, 4) is 5.75 Å². The van der Waals surface area contributed by atoms with Crippen molar-refractivity contribution < 1.29 is 19.4 Å². The number of carboxylic acid groups (broad SMARTS) is 1. The molecule has 3 rings (SSSR count). The molecule has 0 aliphatic carbocycles. The number of benzene rings is 1. The Morgan fingerprint density at radius 3 is 2.80 bits per heavy atom. The van der Waals surface area contributed by atoms with E-state index in [1.165, 1.54) is 10.6 Å². The third-order valence-electron chi connectivity index (χ3n) is 3.52. The maximum atomic E-state index is 12.5. The second-order valence-corrected chi connectivity index (χ2v) is 4.80. The summed E-state index contributed by atoms with van der Waals surface area (Å²) in [6.45, 7) is 0.301. The van der Waals surface area contributed by atoms with E-state index in [9.17, 15) is 9.59 Å². The van der Waals surface area contributed by atoms with Gasteiger partial charge in [0.2, 0.25) is 0 Å². The number of carbonyl (C=O) groups is 2. The van der Waals surface area contributed by atoms with Crippen LogP contribution in [0.4, 0.5) is 0 Å². The van der Waals surface area contributed by atoms with Crippen LogP contribution in [0.3, 0.4) is 0 Å². The van der Waals surface area contributed by atoms with Crippen LogP contribution in [0.15, 0.2) is 36.5 Å². The second-order valence-electron chi connectivity index (χ2n) is 4.80. The maximum Gasteiger partial charge on any atom is 0.352 e. The first kappa shape index (κ1) is 12.5. The van der Waals surface area contributed by atoms with Gasteiger partial charge >= 0.3 is 5.97 Å². The van der Waals surface area contributed by atoms with Gasteiger partial charge in [0.05, 0.1) is 5.92 Å². The highest BCUT2D eigenvalue weighted by Crippen LogP contribution is 2.35. The summed E-state index contributed by atoms with van der Waals surface area (Å²) in [5, 5.41) is 9.03. The average molecular weight is 271 g/mol. The fraction of sp³-hybridized carbons (Fsp3) is 0.200. The first-order valence-electron chi connectivity index (χ1n) is 6.23. The van der Waals surface area contributed by atoms with E-state index in [-0.39, 0.29) is 17.4 Å². The normalized spacial score (nSPS) is 16.6. The highest BCUT2D eigenvalue weighted by Gasteiger charge is 2.31. The number of aryl methyl sites for hydroxylation is 1. The van der Waals surface area contributed by atoms with Crippen LogP contribution in [0.2, 0.25) is 0 Å². The molecule has 0 spiro atoms. The lowest BCUT2D eigenvalue weighted by molar-refractivity contribution is 0.0686. The van der Waals surface area contributed by atoms with Crippen molar-refractivity contribution in [2.75, 3.05) is 6.61 Å². The Hall–Kier alpha value is -2.56. The zero-order valence-corrected chi connectivity index (χ0v) is 10.9. The minimum atomic E-state index is -1.05. The van der Waals surface area contributed by atoms with E-state index in [1.807, 2.05) is 24.3 Å². The fourth-order valence-electron chi connectivity index (χ4n) is 2.49. The van der Waals surface area contributed by atoms with Crippen LogP contribution in [0.25, 0.3) is 0 Å². The van der Waals surface area contributed by atoms with Gasteiger partial charge in [-0.2, -0.15) is 0 Å². The van der Waals surface area contributed by atoms with Crippen molar-refractivity contribution in [3.05, 3.63) is 53.3 Å². The van der Waals surface area contributed by atoms with Crippen LogP contribution in [-0.2, 0) is 7.05 Å². The second kappa shape index (κ2) is 4.52. The van der Waals surface area contributed by atoms with Gasteiger partial charge in [0, 0.05) is 24.4 Å². The van der Waals surface area contributed by atoms with Crippen molar-refractivity contribution >= 4 is 11.8 Å². The van der Waals surface area contributed by atoms with Gasteiger partial charge in [0.1, 0.15) is 18.1 Å². The molecule has 1 aliphatic heterocycles. The number of Topliss-reactive ketones (excluding diaryl/α,β-unsaturated/α-hetero) is 1. The van der Waals surface area contributed by atoms with Crippen molar-refractivity contribution in [2.24, 2.45) is 7.05 Å². The number of aromatic carboxylic acids is 1. The number of ether oxygens (including phenoxy) is 1. The summed E-state index contributed by atoms with van der Waals surface area (Å²) in [6, 6.07) is 8.83. The van der Waals surface area contributed by atoms with E-state index in [1.54, 1.807) is 13.2 Å².